The van der Waals surface area contributed by atoms with E-state index in [9.17, 15) is 14.4 Å². The minimum Gasteiger partial charge on any atom is -0.455 e. The third kappa shape index (κ3) is 5.52. The molecule has 2 amide bonds. The molecule has 0 saturated heterocycles. The molecule has 8 nitrogen and oxygen atoms in total. The van der Waals surface area contributed by atoms with E-state index >= 15 is 0 Å². The number of hydrogen-bond acceptors (Lipinski definition) is 6. The fraction of sp³-hybridized carbons (Fsp3) is 0.143. The highest BCUT2D eigenvalue weighted by Gasteiger charge is 2.14. The summed E-state index contributed by atoms with van der Waals surface area (Å²) in [4.78, 5) is 35.1. The van der Waals surface area contributed by atoms with Gasteiger partial charge in [-0.25, -0.2) is 4.79 Å². The Morgan fingerprint density at radius 1 is 0.931 bits per heavy atom. The van der Waals surface area contributed by atoms with Crippen LogP contribution in [0.3, 0.4) is 0 Å². The summed E-state index contributed by atoms with van der Waals surface area (Å²) in [5, 5.41) is 9.07. The van der Waals surface area contributed by atoms with E-state index in [4.69, 9.17) is 9.26 Å². The summed E-state index contributed by atoms with van der Waals surface area (Å²) < 4.78 is 10.6. The topological polar surface area (TPSA) is 111 Å². The number of nitrogens with zero attached hydrogens (tertiary/aromatic N) is 1. The van der Waals surface area contributed by atoms with Crippen LogP contribution in [0.15, 0.2) is 59.1 Å². The van der Waals surface area contributed by atoms with Crippen molar-refractivity contribution >= 4 is 29.2 Å². The summed E-state index contributed by atoms with van der Waals surface area (Å²) in [6.07, 6.45) is 0. The molecule has 0 spiro atoms. The Kier molecular flexibility index (Phi) is 6.03. The van der Waals surface area contributed by atoms with Crippen LogP contribution < -0.4 is 10.6 Å². The summed E-state index contributed by atoms with van der Waals surface area (Å²) >= 11 is 0. The van der Waals surface area contributed by atoms with Gasteiger partial charge in [-0.3, -0.25) is 9.59 Å². The normalized spacial score (nSPS) is 10.3. The van der Waals surface area contributed by atoms with Gasteiger partial charge < -0.3 is 19.9 Å². The van der Waals surface area contributed by atoms with Gasteiger partial charge in [0.2, 0.25) is 11.8 Å². The maximum atomic E-state index is 12.5. The first-order chi connectivity index (χ1) is 13.9. The predicted molar refractivity (Wildman–Crippen MR) is 106 cm³/mol. The number of nitrogens with one attached hydrogen (secondary N) is 2. The van der Waals surface area contributed by atoms with Gasteiger partial charge in [-0.1, -0.05) is 35.5 Å². The lowest BCUT2D eigenvalue weighted by molar-refractivity contribution is -0.115. The second-order valence-corrected chi connectivity index (χ2v) is 6.29. The molecular weight excluding hydrogens is 374 g/mol. The Labute approximate surface area is 166 Å². The van der Waals surface area contributed by atoms with Gasteiger partial charge in [-0.2, -0.15) is 0 Å². The molecule has 0 aliphatic carbocycles. The number of ether oxygens (including phenoxy) is 1. The quantitative estimate of drug-likeness (QED) is 0.619. The number of carbonyl (C=O) groups is 3. The first kappa shape index (κ1) is 19.8. The molecule has 0 radical (unpaired) electrons. The molecule has 3 rings (SSSR count). The van der Waals surface area contributed by atoms with Crippen LogP contribution in [0.2, 0.25) is 0 Å². The Hall–Kier alpha value is -3.94. The summed E-state index contributed by atoms with van der Waals surface area (Å²) in [7, 11) is 0. The van der Waals surface area contributed by atoms with Crippen LogP contribution in [-0.2, 0) is 20.9 Å². The molecule has 0 unspecified atom stereocenters. The SMILES string of the molecule is CC(=O)Nc1cc(NC(C)=O)cc(C(=O)OCc2cc(-c3ccccc3)on2)c1. The fourth-order valence-electron chi connectivity index (χ4n) is 2.64. The lowest BCUT2D eigenvalue weighted by Crippen LogP contribution is -2.12. The lowest BCUT2D eigenvalue weighted by Gasteiger charge is -2.10. The molecule has 1 heterocycles. The van der Waals surface area contributed by atoms with Crippen LogP contribution in [0.4, 0.5) is 11.4 Å². The molecule has 8 heteroatoms. The summed E-state index contributed by atoms with van der Waals surface area (Å²) in [5.41, 5.74) is 2.22. The minimum absolute atomic E-state index is 0.0883. The molecule has 0 bridgehead atoms. The van der Waals surface area contributed by atoms with Gasteiger partial charge in [0.05, 0.1) is 5.56 Å². The molecule has 148 valence electrons. The van der Waals surface area contributed by atoms with Crippen LogP contribution in [0.25, 0.3) is 11.3 Å². The molecule has 0 atom stereocenters. The van der Waals surface area contributed by atoms with Crippen molar-refractivity contribution in [1.82, 2.24) is 5.16 Å². The highest BCUT2D eigenvalue weighted by molar-refractivity contribution is 5.97. The van der Waals surface area contributed by atoms with E-state index in [1.54, 1.807) is 12.1 Å². The highest BCUT2D eigenvalue weighted by atomic mass is 16.5. The number of benzene rings is 2. The Bertz CT molecular complexity index is 1010. The standard InChI is InChI=1S/C21H19N3O5/c1-13(25)22-17-8-16(9-18(10-17)23-14(2)26)21(27)28-12-19-11-20(29-24-19)15-6-4-3-5-7-15/h3-11H,12H2,1-2H3,(H,22,25)(H,23,26). The van der Waals surface area contributed by atoms with E-state index in [1.807, 2.05) is 30.3 Å². The van der Waals surface area contributed by atoms with E-state index in [0.29, 0.717) is 22.8 Å². The van der Waals surface area contributed by atoms with E-state index in [1.165, 1.54) is 26.0 Å². The smallest absolute Gasteiger partial charge is 0.338 e. The van der Waals surface area contributed by atoms with Crippen LogP contribution in [0, 0.1) is 0 Å². The Morgan fingerprint density at radius 3 is 2.14 bits per heavy atom. The number of aromatic nitrogens is 1. The van der Waals surface area contributed by atoms with Crippen molar-refractivity contribution in [2.24, 2.45) is 0 Å². The molecule has 29 heavy (non-hydrogen) atoms. The second-order valence-electron chi connectivity index (χ2n) is 6.29. The molecule has 1 aromatic heterocycles. The number of rotatable bonds is 6. The lowest BCUT2D eigenvalue weighted by atomic mass is 10.1. The van der Waals surface area contributed by atoms with Crippen LogP contribution in [0.5, 0.6) is 0 Å². The van der Waals surface area contributed by atoms with Crippen molar-refractivity contribution in [1.29, 1.82) is 0 Å². The average molecular weight is 393 g/mol. The fourth-order valence-corrected chi connectivity index (χ4v) is 2.64. The molecular formula is C21H19N3O5. The summed E-state index contributed by atoms with van der Waals surface area (Å²) in [6.45, 7) is 2.60. The summed E-state index contributed by atoms with van der Waals surface area (Å²) in [6, 6.07) is 15.6. The van der Waals surface area contributed by atoms with E-state index in [2.05, 4.69) is 15.8 Å². The van der Waals surface area contributed by atoms with Crippen LogP contribution in [0.1, 0.15) is 29.9 Å². The molecule has 0 fully saturated rings. The van der Waals surface area contributed by atoms with Gasteiger partial charge in [0.1, 0.15) is 12.3 Å². The van der Waals surface area contributed by atoms with Gasteiger partial charge in [0, 0.05) is 36.9 Å². The Balaban J connectivity index is 1.72. The molecule has 2 N–H and O–H groups in total. The molecule has 0 aliphatic rings. The van der Waals surface area contributed by atoms with Crippen molar-refractivity contribution in [3.8, 4) is 11.3 Å². The number of amides is 2. The minimum atomic E-state index is -0.631. The van der Waals surface area contributed by atoms with Gasteiger partial charge >= 0.3 is 5.97 Å². The number of hydrogen-bond donors (Lipinski definition) is 2. The third-order valence-corrected chi connectivity index (χ3v) is 3.78. The molecule has 2 aromatic carbocycles. The van der Waals surface area contributed by atoms with Crippen molar-refractivity contribution in [2.75, 3.05) is 10.6 Å². The van der Waals surface area contributed by atoms with Gasteiger partial charge in [-0.15, -0.1) is 0 Å². The average Bonchev–Trinajstić information content (AvgIpc) is 3.14. The number of carbonyl (C=O) groups excluding carboxylic acids is 3. The number of anilines is 2. The monoisotopic (exact) mass is 393 g/mol. The molecule has 0 aliphatic heterocycles. The van der Waals surface area contributed by atoms with Gasteiger partial charge in [0.15, 0.2) is 5.76 Å². The first-order valence-electron chi connectivity index (χ1n) is 8.79. The van der Waals surface area contributed by atoms with E-state index in [-0.39, 0.29) is 24.0 Å². The zero-order chi connectivity index (χ0) is 20.8. The second kappa shape index (κ2) is 8.83. The zero-order valence-corrected chi connectivity index (χ0v) is 15.9. The largest absolute Gasteiger partial charge is 0.455 e. The Morgan fingerprint density at radius 2 is 1.55 bits per heavy atom. The maximum Gasteiger partial charge on any atom is 0.338 e. The highest BCUT2D eigenvalue weighted by Crippen LogP contribution is 2.22. The number of esters is 1. The first-order valence-corrected chi connectivity index (χ1v) is 8.79. The zero-order valence-electron chi connectivity index (χ0n) is 15.9. The van der Waals surface area contributed by atoms with Crippen LogP contribution >= 0.6 is 0 Å². The predicted octanol–water partition coefficient (Wildman–Crippen LogP) is 3.62. The third-order valence-electron chi connectivity index (χ3n) is 3.78. The van der Waals surface area contributed by atoms with Crippen molar-refractivity contribution in [3.63, 3.8) is 0 Å². The van der Waals surface area contributed by atoms with Crippen molar-refractivity contribution in [3.05, 3.63) is 65.9 Å². The van der Waals surface area contributed by atoms with Gasteiger partial charge in [-0.05, 0) is 18.2 Å². The van der Waals surface area contributed by atoms with E-state index in [0.717, 1.165) is 5.56 Å². The van der Waals surface area contributed by atoms with Crippen LogP contribution in [-0.4, -0.2) is 22.9 Å². The molecule has 3 aromatic rings. The van der Waals surface area contributed by atoms with Gasteiger partial charge in [0.25, 0.3) is 0 Å². The van der Waals surface area contributed by atoms with E-state index < -0.39 is 5.97 Å². The van der Waals surface area contributed by atoms with Crippen molar-refractivity contribution in [2.45, 2.75) is 20.5 Å². The summed E-state index contributed by atoms with van der Waals surface area (Å²) in [5.74, 6) is -0.675. The maximum absolute atomic E-state index is 12.5. The van der Waals surface area contributed by atoms with Crippen molar-refractivity contribution < 1.29 is 23.6 Å². The molecule has 0 saturated carbocycles.